The summed E-state index contributed by atoms with van der Waals surface area (Å²) in [5, 5.41) is 1.72. The smallest absolute Gasteiger partial charge is 0.132 e. The van der Waals surface area contributed by atoms with E-state index in [1.54, 1.807) is 7.11 Å². The first-order chi connectivity index (χ1) is 7.76. The third kappa shape index (κ3) is 2.04. The zero-order chi connectivity index (χ0) is 11.5. The van der Waals surface area contributed by atoms with E-state index in [1.165, 1.54) is 0 Å². The number of rotatable bonds is 3. The Morgan fingerprint density at radius 3 is 2.81 bits per heavy atom. The lowest BCUT2D eigenvalue weighted by Crippen LogP contribution is -1.94. The van der Waals surface area contributed by atoms with E-state index in [4.69, 9.17) is 16.3 Å². The summed E-state index contributed by atoms with van der Waals surface area (Å²) < 4.78 is 5.15. The topological polar surface area (TPSA) is 22.1 Å². The summed E-state index contributed by atoms with van der Waals surface area (Å²) in [5.41, 5.74) is 3.10. The summed E-state index contributed by atoms with van der Waals surface area (Å²) in [6, 6.07) is 8.19. The zero-order valence-corrected chi connectivity index (χ0v) is 10.2. The Bertz CT molecular complexity index is 511. The highest BCUT2D eigenvalue weighted by molar-refractivity contribution is 6.30. The molecule has 16 heavy (non-hydrogen) atoms. The summed E-state index contributed by atoms with van der Waals surface area (Å²) in [5.74, 6) is 0. The molecule has 0 aliphatic carbocycles. The molecule has 0 fully saturated rings. The van der Waals surface area contributed by atoms with Crippen LogP contribution in [0.25, 0.3) is 10.9 Å². The molecular weight excluding hydrogens is 222 g/mol. The second-order valence-corrected chi connectivity index (χ2v) is 4.07. The predicted octanol–water partition coefficient (Wildman–Crippen LogP) is 3.60. The molecule has 0 saturated carbocycles. The first-order valence-electron chi connectivity index (χ1n) is 5.32. The summed E-state index contributed by atoms with van der Waals surface area (Å²) >= 11 is 6.12. The summed E-state index contributed by atoms with van der Waals surface area (Å²) in [6.45, 7) is 2.64. The van der Waals surface area contributed by atoms with Gasteiger partial charge in [0.25, 0.3) is 0 Å². The molecule has 2 nitrogen and oxygen atoms in total. The average Bonchev–Trinajstić information content (AvgIpc) is 2.29. The lowest BCUT2D eigenvalue weighted by Gasteiger charge is -2.07. The highest BCUT2D eigenvalue weighted by Crippen LogP contribution is 2.23. The van der Waals surface area contributed by atoms with Crippen LogP contribution in [-0.4, -0.2) is 12.1 Å². The predicted molar refractivity (Wildman–Crippen MR) is 66.8 cm³/mol. The zero-order valence-electron chi connectivity index (χ0n) is 9.46. The summed E-state index contributed by atoms with van der Waals surface area (Å²) in [7, 11) is 1.68. The first kappa shape index (κ1) is 11.4. The minimum atomic E-state index is 0.562. The van der Waals surface area contributed by atoms with Crippen molar-refractivity contribution >= 4 is 22.5 Å². The molecule has 0 aliphatic rings. The Labute approximate surface area is 100 Å². The van der Waals surface area contributed by atoms with E-state index in [0.29, 0.717) is 11.8 Å². The van der Waals surface area contributed by atoms with Crippen molar-refractivity contribution in [2.24, 2.45) is 0 Å². The van der Waals surface area contributed by atoms with Gasteiger partial charge in [0, 0.05) is 18.1 Å². The minimum absolute atomic E-state index is 0.562. The minimum Gasteiger partial charge on any atom is -0.380 e. The van der Waals surface area contributed by atoms with Crippen molar-refractivity contribution in [1.82, 2.24) is 4.98 Å². The Morgan fingerprint density at radius 2 is 2.12 bits per heavy atom. The maximum absolute atomic E-state index is 6.12. The van der Waals surface area contributed by atoms with Gasteiger partial charge in [-0.25, -0.2) is 4.98 Å². The fourth-order valence-electron chi connectivity index (χ4n) is 1.80. The van der Waals surface area contributed by atoms with Gasteiger partial charge in [-0.15, -0.1) is 0 Å². The van der Waals surface area contributed by atoms with Crippen molar-refractivity contribution in [3.8, 4) is 0 Å². The maximum atomic E-state index is 6.12. The van der Waals surface area contributed by atoms with Crippen LogP contribution in [0.3, 0.4) is 0 Å². The van der Waals surface area contributed by atoms with Crippen molar-refractivity contribution in [1.29, 1.82) is 0 Å². The molecule has 0 bridgehead atoms. The number of aryl methyl sites for hydroxylation is 1. The van der Waals surface area contributed by atoms with Gasteiger partial charge in [0.2, 0.25) is 0 Å². The molecule has 0 atom stereocenters. The molecule has 0 radical (unpaired) electrons. The van der Waals surface area contributed by atoms with Crippen LogP contribution in [0.1, 0.15) is 18.1 Å². The molecule has 0 saturated heterocycles. The molecule has 0 unspecified atom stereocenters. The number of halogens is 1. The number of hydrogen-bond donors (Lipinski definition) is 0. The van der Waals surface area contributed by atoms with Crippen LogP contribution < -0.4 is 0 Å². The summed E-state index contributed by atoms with van der Waals surface area (Å²) in [6.07, 6.45) is 0.899. The van der Waals surface area contributed by atoms with Gasteiger partial charge in [0.1, 0.15) is 5.15 Å². The van der Waals surface area contributed by atoms with E-state index < -0.39 is 0 Å². The molecule has 84 valence electrons. The van der Waals surface area contributed by atoms with Gasteiger partial charge in [0.05, 0.1) is 12.1 Å². The van der Waals surface area contributed by atoms with Crippen LogP contribution >= 0.6 is 11.6 Å². The summed E-state index contributed by atoms with van der Waals surface area (Å²) in [4.78, 5) is 4.45. The van der Waals surface area contributed by atoms with Gasteiger partial charge in [-0.1, -0.05) is 36.7 Å². The van der Waals surface area contributed by atoms with E-state index >= 15 is 0 Å². The van der Waals surface area contributed by atoms with Crippen LogP contribution in [0.15, 0.2) is 24.3 Å². The molecule has 1 aromatic heterocycles. The Balaban J connectivity index is 2.64. The normalized spacial score (nSPS) is 10.9. The maximum Gasteiger partial charge on any atom is 0.132 e. The first-order valence-corrected chi connectivity index (χ1v) is 5.70. The Hall–Kier alpha value is -1.12. The highest BCUT2D eigenvalue weighted by atomic mass is 35.5. The van der Waals surface area contributed by atoms with Crippen molar-refractivity contribution in [3.05, 3.63) is 40.5 Å². The van der Waals surface area contributed by atoms with E-state index in [0.717, 1.165) is 28.5 Å². The quantitative estimate of drug-likeness (QED) is 0.759. The number of pyridine rings is 1. The largest absolute Gasteiger partial charge is 0.380 e. The Kier molecular flexibility index (Phi) is 3.42. The van der Waals surface area contributed by atoms with Crippen LogP contribution in [-0.2, 0) is 17.8 Å². The molecule has 3 heteroatoms. The van der Waals surface area contributed by atoms with Gasteiger partial charge in [0.15, 0.2) is 0 Å². The van der Waals surface area contributed by atoms with Crippen molar-refractivity contribution in [2.45, 2.75) is 20.0 Å². The number of nitrogens with zero attached hydrogens (tertiary/aromatic N) is 1. The number of fused-ring (bicyclic) bond motifs is 1. The van der Waals surface area contributed by atoms with Gasteiger partial charge >= 0.3 is 0 Å². The molecule has 2 rings (SSSR count). The van der Waals surface area contributed by atoms with Crippen LogP contribution in [0.5, 0.6) is 0 Å². The van der Waals surface area contributed by atoms with E-state index in [9.17, 15) is 0 Å². The molecule has 2 aromatic rings. The fraction of sp³-hybridized carbons (Fsp3) is 0.308. The monoisotopic (exact) mass is 235 g/mol. The molecule has 0 spiro atoms. The van der Waals surface area contributed by atoms with Crippen LogP contribution in [0.4, 0.5) is 0 Å². The molecule has 0 N–H and O–H groups in total. The van der Waals surface area contributed by atoms with Gasteiger partial charge < -0.3 is 4.74 Å². The second-order valence-electron chi connectivity index (χ2n) is 3.71. The lowest BCUT2D eigenvalue weighted by atomic mass is 10.1. The van der Waals surface area contributed by atoms with Crippen molar-refractivity contribution in [2.75, 3.05) is 7.11 Å². The molecule has 0 aliphatic heterocycles. The fourth-order valence-corrected chi connectivity index (χ4v) is 2.07. The number of methoxy groups -OCH3 is 1. The van der Waals surface area contributed by atoms with E-state index in [1.807, 2.05) is 12.1 Å². The lowest BCUT2D eigenvalue weighted by molar-refractivity contribution is 0.186. The molecule has 1 aromatic carbocycles. The highest BCUT2D eigenvalue weighted by Gasteiger charge is 2.06. The number of aromatic nitrogens is 1. The van der Waals surface area contributed by atoms with Gasteiger partial charge in [-0.3, -0.25) is 0 Å². The second kappa shape index (κ2) is 4.81. The number of benzene rings is 1. The number of para-hydroxylation sites is 1. The van der Waals surface area contributed by atoms with E-state index in [2.05, 4.69) is 24.0 Å². The standard InChI is InChI=1S/C13H14ClNO/c1-3-9-7-10-5-4-6-11(8-16-2)12(10)15-13(9)14/h4-7H,3,8H2,1-2H3. The molecule has 1 heterocycles. The van der Waals surface area contributed by atoms with Crippen LogP contribution in [0, 0.1) is 0 Å². The average molecular weight is 236 g/mol. The molecular formula is C13H14ClNO. The molecule has 0 amide bonds. The van der Waals surface area contributed by atoms with E-state index in [-0.39, 0.29) is 0 Å². The van der Waals surface area contributed by atoms with Crippen LogP contribution in [0.2, 0.25) is 5.15 Å². The van der Waals surface area contributed by atoms with Crippen molar-refractivity contribution in [3.63, 3.8) is 0 Å². The SMILES string of the molecule is CCc1cc2cccc(COC)c2nc1Cl. The third-order valence-corrected chi connectivity index (χ3v) is 2.96. The number of hydrogen-bond acceptors (Lipinski definition) is 2. The van der Waals surface area contributed by atoms with Crippen molar-refractivity contribution < 1.29 is 4.74 Å². The van der Waals surface area contributed by atoms with Gasteiger partial charge in [-0.05, 0) is 18.1 Å². The third-order valence-electron chi connectivity index (χ3n) is 2.64. The number of ether oxygens (including phenoxy) is 1. The van der Waals surface area contributed by atoms with Gasteiger partial charge in [-0.2, -0.15) is 0 Å². The Morgan fingerprint density at radius 1 is 1.31 bits per heavy atom.